The zero-order valence-corrected chi connectivity index (χ0v) is 6.58. The predicted molar refractivity (Wildman–Crippen MR) is 46.9 cm³/mol. The number of rotatable bonds is 0. The second-order valence-corrected chi connectivity index (χ2v) is 2.14. The van der Waals surface area contributed by atoms with Gasteiger partial charge in [-0.15, -0.1) is 12.4 Å². The molecule has 0 bridgehead atoms. The average molecular weight is 170 g/mol. The van der Waals surface area contributed by atoms with Crippen molar-refractivity contribution in [3.63, 3.8) is 0 Å². The van der Waals surface area contributed by atoms with E-state index in [2.05, 4.69) is 4.98 Å². The van der Waals surface area contributed by atoms with Crippen LogP contribution in [-0.2, 0) is 0 Å². The van der Waals surface area contributed by atoms with Crippen LogP contribution in [0.5, 0.6) is 0 Å². The maximum absolute atomic E-state index is 5.62. The number of fused-ring (bicyclic) bond motifs is 1. The number of halogens is 1. The molecule has 3 nitrogen and oxygen atoms in total. The van der Waals surface area contributed by atoms with E-state index in [4.69, 9.17) is 5.73 Å². The lowest BCUT2D eigenvalue weighted by molar-refractivity contribution is 1.17. The molecule has 2 N–H and O–H groups in total. The van der Waals surface area contributed by atoms with Crippen LogP contribution >= 0.6 is 12.4 Å². The highest BCUT2D eigenvalue weighted by molar-refractivity contribution is 5.85. The molecule has 0 unspecified atom stereocenters. The van der Waals surface area contributed by atoms with E-state index in [1.54, 1.807) is 12.5 Å². The zero-order valence-electron chi connectivity index (χ0n) is 5.77. The van der Waals surface area contributed by atoms with Gasteiger partial charge < -0.3 is 5.73 Å². The summed E-state index contributed by atoms with van der Waals surface area (Å²) in [5.41, 5.74) is 6.65. The molecular weight excluding hydrogens is 162 g/mol. The standard InChI is InChI=1S/C7H7N3.ClH/c8-7-3-1-2-6-4-9-5-10(6)7;/h1-5H,8H2;1H. The van der Waals surface area contributed by atoms with Gasteiger partial charge in [0.25, 0.3) is 0 Å². The van der Waals surface area contributed by atoms with Crippen molar-refractivity contribution >= 4 is 23.7 Å². The number of hydrogen-bond acceptors (Lipinski definition) is 2. The van der Waals surface area contributed by atoms with Crippen LogP contribution in [0, 0.1) is 0 Å². The Kier molecular flexibility index (Phi) is 2.01. The van der Waals surface area contributed by atoms with Crippen LogP contribution in [0.4, 0.5) is 5.82 Å². The van der Waals surface area contributed by atoms with E-state index in [1.807, 2.05) is 22.6 Å². The van der Waals surface area contributed by atoms with Gasteiger partial charge in [-0.1, -0.05) is 6.07 Å². The lowest BCUT2D eigenvalue weighted by atomic mass is 10.4. The fourth-order valence-electron chi connectivity index (χ4n) is 0.970. The molecule has 0 aliphatic carbocycles. The van der Waals surface area contributed by atoms with Gasteiger partial charge in [0.2, 0.25) is 0 Å². The highest BCUT2D eigenvalue weighted by atomic mass is 35.5. The Morgan fingerprint density at radius 3 is 2.91 bits per heavy atom. The first-order valence-electron chi connectivity index (χ1n) is 3.04. The molecule has 4 heteroatoms. The maximum Gasteiger partial charge on any atom is 0.109 e. The first-order valence-corrected chi connectivity index (χ1v) is 3.04. The Labute approximate surface area is 70.3 Å². The largest absolute Gasteiger partial charge is 0.385 e. The fraction of sp³-hybridized carbons (Fsp3) is 0. The predicted octanol–water partition coefficient (Wildman–Crippen LogP) is 1.34. The normalized spacial score (nSPS) is 9.45. The molecule has 0 saturated carbocycles. The van der Waals surface area contributed by atoms with Gasteiger partial charge in [0.1, 0.15) is 12.1 Å². The summed E-state index contributed by atoms with van der Waals surface area (Å²) in [6.45, 7) is 0. The van der Waals surface area contributed by atoms with Gasteiger partial charge in [-0.05, 0) is 12.1 Å². The average Bonchev–Trinajstić information content (AvgIpc) is 2.36. The molecule has 0 saturated heterocycles. The Balaban J connectivity index is 0.000000605. The number of nitrogens with zero attached hydrogens (tertiary/aromatic N) is 2. The molecule has 0 radical (unpaired) electrons. The van der Waals surface area contributed by atoms with Gasteiger partial charge >= 0.3 is 0 Å². The van der Waals surface area contributed by atoms with Gasteiger partial charge in [0.05, 0.1) is 11.7 Å². The molecule has 2 aromatic heterocycles. The summed E-state index contributed by atoms with van der Waals surface area (Å²) in [7, 11) is 0. The Morgan fingerprint density at radius 1 is 1.36 bits per heavy atom. The van der Waals surface area contributed by atoms with Crippen molar-refractivity contribution in [3.8, 4) is 0 Å². The van der Waals surface area contributed by atoms with Crippen LogP contribution in [0.2, 0.25) is 0 Å². The Hall–Kier alpha value is -1.22. The summed E-state index contributed by atoms with van der Waals surface area (Å²) in [5.74, 6) is 0.718. The van der Waals surface area contributed by atoms with Crippen molar-refractivity contribution in [2.45, 2.75) is 0 Å². The summed E-state index contributed by atoms with van der Waals surface area (Å²) >= 11 is 0. The molecule has 0 atom stereocenters. The van der Waals surface area contributed by atoms with E-state index >= 15 is 0 Å². The van der Waals surface area contributed by atoms with E-state index < -0.39 is 0 Å². The molecule has 0 amide bonds. The highest BCUT2D eigenvalue weighted by Gasteiger charge is 1.92. The van der Waals surface area contributed by atoms with Gasteiger partial charge in [-0.2, -0.15) is 0 Å². The van der Waals surface area contributed by atoms with Crippen molar-refractivity contribution < 1.29 is 0 Å². The third kappa shape index (κ3) is 1.14. The van der Waals surface area contributed by atoms with Crippen LogP contribution in [0.15, 0.2) is 30.7 Å². The minimum Gasteiger partial charge on any atom is -0.385 e. The molecule has 0 aromatic carbocycles. The molecule has 11 heavy (non-hydrogen) atoms. The second-order valence-electron chi connectivity index (χ2n) is 2.14. The lowest BCUT2D eigenvalue weighted by Crippen LogP contribution is -1.93. The van der Waals surface area contributed by atoms with E-state index in [1.165, 1.54) is 0 Å². The van der Waals surface area contributed by atoms with Gasteiger partial charge in [-0.25, -0.2) is 4.98 Å². The summed E-state index contributed by atoms with van der Waals surface area (Å²) in [6.07, 6.45) is 3.47. The molecule has 0 aliphatic heterocycles. The summed E-state index contributed by atoms with van der Waals surface area (Å²) in [5, 5.41) is 0. The number of pyridine rings is 1. The summed E-state index contributed by atoms with van der Waals surface area (Å²) in [6, 6.07) is 5.71. The second kappa shape index (κ2) is 2.80. The van der Waals surface area contributed by atoms with Gasteiger partial charge in [0, 0.05) is 0 Å². The molecule has 2 heterocycles. The Morgan fingerprint density at radius 2 is 2.18 bits per heavy atom. The number of aromatic nitrogens is 2. The van der Waals surface area contributed by atoms with E-state index in [9.17, 15) is 0 Å². The monoisotopic (exact) mass is 169 g/mol. The van der Waals surface area contributed by atoms with Gasteiger partial charge in [0.15, 0.2) is 0 Å². The van der Waals surface area contributed by atoms with E-state index in [0.29, 0.717) is 0 Å². The molecule has 0 aliphatic rings. The number of nitrogens with two attached hydrogens (primary N) is 1. The zero-order chi connectivity index (χ0) is 6.97. The third-order valence-corrected chi connectivity index (χ3v) is 1.48. The van der Waals surface area contributed by atoms with Crippen LogP contribution in [-0.4, -0.2) is 9.38 Å². The van der Waals surface area contributed by atoms with Gasteiger partial charge in [-0.3, -0.25) is 4.40 Å². The van der Waals surface area contributed by atoms with Crippen LogP contribution in [0.3, 0.4) is 0 Å². The smallest absolute Gasteiger partial charge is 0.109 e. The number of imidazole rings is 1. The SMILES string of the molecule is Cl.Nc1cccc2cncn12. The fourth-order valence-corrected chi connectivity index (χ4v) is 0.970. The lowest BCUT2D eigenvalue weighted by Gasteiger charge is -1.95. The molecule has 0 fully saturated rings. The van der Waals surface area contributed by atoms with Crippen LogP contribution in [0.1, 0.15) is 0 Å². The minimum absolute atomic E-state index is 0. The van der Waals surface area contributed by atoms with Crippen molar-refractivity contribution in [3.05, 3.63) is 30.7 Å². The Bertz CT molecular complexity index is 355. The van der Waals surface area contributed by atoms with Crippen LogP contribution < -0.4 is 5.73 Å². The van der Waals surface area contributed by atoms with E-state index in [0.717, 1.165) is 11.3 Å². The molecule has 2 aromatic rings. The quantitative estimate of drug-likeness (QED) is 0.647. The highest BCUT2D eigenvalue weighted by Crippen LogP contribution is 2.06. The molecular formula is C7H8ClN3. The van der Waals surface area contributed by atoms with Crippen molar-refractivity contribution in [2.24, 2.45) is 0 Å². The first-order chi connectivity index (χ1) is 4.88. The first kappa shape index (κ1) is 7.88. The van der Waals surface area contributed by atoms with Crippen LogP contribution in [0.25, 0.3) is 5.52 Å². The summed E-state index contributed by atoms with van der Waals surface area (Å²) < 4.78 is 1.83. The minimum atomic E-state index is 0. The van der Waals surface area contributed by atoms with Crippen molar-refractivity contribution in [1.82, 2.24) is 9.38 Å². The molecule has 58 valence electrons. The number of nitrogen functional groups attached to an aromatic ring is 1. The number of anilines is 1. The topological polar surface area (TPSA) is 43.3 Å². The number of hydrogen-bond donors (Lipinski definition) is 1. The van der Waals surface area contributed by atoms with Crippen molar-refractivity contribution in [1.29, 1.82) is 0 Å². The van der Waals surface area contributed by atoms with Crippen molar-refractivity contribution in [2.75, 3.05) is 5.73 Å². The third-order valence-electron chi connectivity index (χ3n) is 1.48. The molecule has 2 rings (SSSR count). The van der Waals surface area contributed by atoms with E-state index in [-0.39, 0.29) is 12.4 Å². The maximum atomic E-state index is 5.62. The summed E-state index contributed by atoms with van der Waals surface area (Å²) in [4.78, 5) is 3.95. The molecule has 0 spiro atoms.